The first-order chi connectivity index (χ1) is 12.4. The molecule has 7 heteroatoms. The number of H-pyrrole nitrogens is 1. The maximum atomic E-state index is 12.6. The summed E-state index contributed by atoms with van der Waals surface area (Å²) in [7, 11) is 0. The summed E-state index contributed by atoms with van der Waals surface area (Å²) in [6, 6.07) is 8.14. The molecule has 26 heavy (non-hydrogen) atoms. The summed E-state index contributed by atoms with van der Waals surface area (Å²) in [6.45, 7) is 5.80. The summed E-state index contributed by atoms with van der Waals surface area (Å²) in [5, 5.41) is 1.16. The van der Waals surface area contributed by atoms with Gasteiger partial charge >= 0.3 is 5.97 Å². The number of carbonyl (C=O) groups excluding carboxylic acids is 3. The predicted octanol–water partition coefficient (Wildman–Crippen LogP) is 2.27. The molecule has 0 radical (unpaired) electrons. The standard InChI is InChI=1S/C19H19N3O4/c1-4-26-19(25)13-5-7-15(8-6-13)22-18(24)16(17(23)21-22)10-14-9-11(2)20-12(14)3/h5-10,20H,4H2,1-3H3,(H,21,23). The molecule has 0 spiro atoms. The molecule has 2 aromatic rings. The first-order valence-corrected chi connectivity index (χ1v) is 8.21. The number of esters is 1. The number of aromatic nitrogens is 1. The van der Waals surface area contributed by atoms with Gasteiger partial charge in [-0.05, 0) is 62.7 Å². The summed E-state index contributed by atoms with van der Waals surface area (Å²) in [6.07, 6.45) is 1.57. The average molecular weight is 353 g/mol. The van der Waals surface area contributed by atoms with E-state index in [0.717, 1.165) is 22.0 Å². The minimum absolute atomic E-state index is 0.0570. The zero-order valence-corrected chi connectivity index (χ0v) is 14.8. The molecule has 1 aliphatic rings. The number of rotatable bonds is 4. The van der Waals surface area contributed by atoms with Gasteiger partial charge in [-0.15, -0.1) is 0 Å². The van der Waals surface area contributed by atoms with E-state index in [0.29, 0.717) is 11.3 Å². The van der Waals surface area contributed by atoms with Gasteiger partial charge in [0.2, 0.25) is 0 Å². The van der Waals surface area contributed by atoms with Crippen LogP contribution in [0.15, 0.2) is 35.9 Å². The smallest absolute Gasteiger partial charge is 0.338 e. The lowest BCUT2D eigenvalue weighted by Gasteiger charge is -2.14. The maximum absolute atomic E-state index is 12.6. The van der Waals surface area contributed by atoms with E-state index in [-0.39, 0.29) is 12.2 Å². The fourth-order valence-electron chi connectivity index (χ4n) is 2.75. The maximum Gasteiger partial charge on any atom is 0.338 e. The Bertz CT molecular complexity index is 909. The van der Waals surface area contributed by atoms with Crippen LogP contribution in [0.4, 0.5) is 5.69 Å². The van der Waals surface area contributed by atoms with Crippen molar-refractivity contribution in [1.82, 2.24) is 10.4 Å². The second kappa shape index (κ2) is 6.87. The summed E-state index contributed by atoms with van der Waals surface area (Å²) >= 11 is 0. The van der Waals surface area contributed by atoms with E-state index in [1.165, 1.54) is 0 Å². The van der Waals surface area contributed by atoms with Gasteiger partial charge in [0, 0.05) is 11.4 Å². The molecule has 2 N–H and O–H groups in total. The quantitative estimate of drug-likeness (QED) is 0.501. The Labute approximate surface area is 150 Å². The summed E-state index contributed by atoms with van der Waals surface area (Å²) in [5.41, 5.74) is 6.06. The predicted molar refractivity (Wildman–Crippen MR) is 96.3 cm³/mol. The molecule has 0 atom stereocenters. The van der Waals surface area contributed by atoms with E-state index < -0.39 is 17.8 Å². The largest absolute Gasteiger partial charge is 0.462 e. The van der Waals surface area contributed by atoms with E-state index in [1.807, 2.05) is 19.9 Å². The normalized spacial score (nSPS) is 15.5. The van der Waals surface area contributed by atoms with Crippen LogP contribution in [0.25, 0.3) is 6.08 Å². The lowest BCUT2D eigenvalue weighted by atomic mass is 10.1. The van der Waals surface area contributed by atoms with Crippen LogP contribution in [-0.2, 0) is 14.3 Å². The second-order valence-corrected chi connectivity index (χ2v) is 5.94. The van der Waals surface area contributed by atoms with Crippen LogP contribution >= 0.6 is 0 Å². The Balaban J connectivity index is 1.85. The average Bonchev–Trinajstić information content (AvgIpc) is 3.08. The zero-order chi connectivity index (χ0) is 18.8. The van der Waals surface area contributed by atoms with E-state index in [4.69, 9.17) is 4.74 Å². The van der Waals surface area contributed by atoms with Gasteiger partial charge in [-0.2, -0.15) is 0 Å². The van der Waals surface area contributed by atoms with Crippen LogP contribution in [-0.4, -0.2) is 29.4 Å². The fraction of sp³-hybridized carbons (Fsp3) is 0.211. The molecule has 1 aromatic carbocycles. The molecule has 1 aliphatic heterocycles. The number of benzene rings is 1. The molecule has 2 amide bonds. The van der Waals surface area contributed by atoms with Gasteiger partial charge in [-0.1, -0.05) is 0 Å². The van der Waals surface area contributed by atoms with Crippen LogP contribution in [0.2, 0.25) is 0 Å². The number of nitrogens with zero attached hydrogens (tertiary/aromatic N) is 1. The topological polar surface area (TPSA) is 91.5 Å². The lowest BCUT2D eigenvalue weighted by molar-refractivity contribution is -0.117. The number of aryl methyl sites for hydroxylation is 2. The molecule has 7 nitrogen and oxygen atoms in total. The highest BCUT2D eigenvalue weighted by molar-refractivity contribution is 6.31. The van der Waals surface area contributed by atoms with Crippen molar-refractivity contribution in [2.45, 2.75) is 20.8 Å². The molecule has 0 saturated carbocycles. The number of ether oxygens (including phenoxy) is 1. The SMILES string of the molecule is CCOC(=O)c1ccc(N2NC(=O)C(=Cc3cc(C)[nH]c3C)C2=O)cc1. The highest BCUT2D eigenvalue weighted by atomic mass is 16.5. The van der Waals surface area contributed by atoms with Crippen molar-refractivity contribution in [2.75, 3.05) is 11.6 Å². The van der Waals surface area contributed by atoms with Crippen LogP contribution in [0, 0.1) is 13.8 Å². The van der Waals surface area contributed by atoms with Crippen molar-refractivity contribution in [2.24, 2.45) is 0 Å². The minimum atomic E-state index is -0.470. The van der Waals surface area contributed by atoms with Crippen LogP contribution in [0.1, 0.15) is 34.2 Å². The number of anilines is 1. The van der Waals surface area contributed by atoms with E-state index >= 15 is 0 Å². The minimum Gasteiger partial charge on any atom is -0.462 e. The fourth-order valence-corrected chi connectivity index (χ4v) is 2.75. The van der Waals surface area contributed by atoms with E-state index in [1.54, 1.807) is 37.3 Å². The Morgan fingerprint density at radius 1 is 1.19 bits per heavy atom. The number of hydrogen-bond donors (Lipinski definition) is 2. The van der Waals surface area contributed by atoms with Gasteiger partial charge in [0.25, 0.3) is 11.8 Å². The van der Waals surface area contributed by atoms with Crippen molar-refractivity contribution in [3.8, 4) is 0 Å². The molecular formula is C19H19N3O4. The van der Waals surface area contributed by atoms with Gasteiger partial charge < -0.3 is 9.72 Å². The van der Waals surface area contributed by atoms with Crippen molar-refractivity contribution in [1.29, 1.82) is 0 Å². The van der Waals surface area contributed by atoms with Crippen molar-refractivity contribution in [3.05, 3.63) is 58.4 Å². The highest BCUT2D eigenvalue weighted by Crippen LogP contribution is 2.23. The third-order valence-electron chi connectivity index (χ3n) is 4.02. The lowest BCUT2D eigenvalue weighted by Crippen LogP contribution is -2.35. The first kappa shape index (κ1) is 17.5. The number of nitrogens with one attached hydrogen (secondary N) is 2. The molecule has 3 rings (SSSR count). The Kier molecular flexibility index (Phi) is 4.62. The Morgan fingerprint density at radius 3 is 2.46 bits per heavy atom. The van der Waals surface area contributed by atoms with Crippen LogP contribution in [0.3, 0.4) is 0 Å². The highest BCUT2D eigenvalue weighted by Gasteiger charge is 2.34. The van der Waals surface area contributed by atoms with E-state index in [9.17, 15) is 14.4 Å². The van der Waals surface area contributed by atoms with Crippen molar-refractivity contribution in [3.63, 3.8) is 0 Å². The van der Waals surface area contributed by atoms with Gasteiger partial charge in [-0.3, -0.25) is 15.0 Å². The molecule has 1 fully saturated rings. The van der Waals surface area contributed by atoms with Gasteiger partial charge in [0.15, 0.2) is 0 Å². The zero-order valence-electron chi connectivity index (χ0n) is 14.8. The van der Waals surface area contributed by atoms with Crippen molar-refractivity contribution >= 4 is 29.5 Å². The van der Waals surface area contributed by atoms with Gasteiger partial charge in [0.05, 0.1) is 17.9 Å². The molecule has 0 unspecified atom stereocenters. The van der Waals surface area contributed by atoms with E-state index in [2.05, 4.69) is 10.4 Å². The third-order valence-corrected chi connectivity index (χ3v) is 4.02. The molecule has 134 valence electrons. The first-order valence-electron chi connectivity index (χ1n) is 8.21. The number of aromatic amines is 1. The molecule has 1 aromatic heterocycles. The van der Waals surface area contributed by atoms with Gasteiger partial charge in [-0.25, -0.2) is 9.80 Å². The number of hydrogen-bond acceptors (Lipinski definition) is 4. The molecule has 0 aliphatic carbocycles. The second-order valence-electron chi connectivity index (χ2n) is 5.94. The number of hydrazine groups is 1. The number of carbonyl (C=O) groups is 3. The Morgan fingerprint density at radius 2 is 1.88 bits per heavy atom. The monoisotopic (exact) mass is 353 g/mol. The molecule has 1 saturated heterocycles. The molecule has 2 heterocycles. The molecule has 0 bridgehead atoms. The third kappa shape index (κ3) is 3.23. The van der Waals surface area contributed by atoms with Crippen LogP contribution in [0.5, 0.6) is 0 Å². The van der Waals surface area contributed by atoms with Gasteiger partial charge in [0.1, 0.15) is 5.57 Å². The Hall–Kier alpha value is -3.35. The van der Waals surface area contributed by atoms with Crippen LogP contribution < -0.4 is 10.4 Å². The summed E-state index contributed by atoms with van der Waals surface area (Å²) in [4.78, 5) is 39.7. The summed E-state index contributed by atoms with van der Waals surface area (Å²) < 4.78 is 4.93. The molecular weight excluding hydrogens is 334 g/mol. The van der Waals surface area contributed by atoms with Crippen molar-refractivity contribution < 1.29 is 19.1 Å². The number of amides is 2. The summed E-state index contributed by atoms with van der Waals surface area (Å²) in [5.74, 6) is -1.35.